The minimum atomic E-state index is -3.46. The number of benzene rings is 1. The van der Waals surface area contributed by atoms with Gasteiger partial charge in [-0.25, -0.2) is 13.1 Å². The number of rotatable bonds is 3. The van der Waals surface area contributed by atoms with Crippen molar-refractivity contribution in [2.45, 2.75) is 43.7 Å². The fourth-order valence-electron chi connectivity index (χ4n) is 2.33. The molecule has 0 saturated carbocycles. The molecule has 1 fully saturated rings. The molecule has 1 aromatic rings. The van der Waals surface area contributed by atoms with E-state index in [1.54, 1.807) is 12.1 Å². The second-order valence-electron chi connectivity index (χ2n) is 5.08. The van der Waals surface area contributed by atoms with Crippen LogP contribution in [0.5, 0.6) is 0 Å². The van der Waals surface area contributed by atoms with E-state index < -0.39 is 10.0 Å². The smallest absolute Gasteiger partial charge is 0.240 e. The first-order chi connectivity index (χ1) is 8.88. The van der Waals surface area contributed by atoms with Gasteiger partial charge in [-0.1, -0.05) is 15.9 Å². The van der Waals surface area contributed by atoms with Crippen LogP contribution in [0.4, 0.5) is 0 Å². The maximum atomic E-state index is 12.4. The Kier molecular flexibility index (Phi) is 6.47. The van der Waals surface area contributed by atoms with Crippen LogP contribution >= 0.6 is 28.3 Å². The molecule has 114 valence electrons. The van der Waals surface area contributed by atoms with Gasteiger partial charge < -0.3 is 5.32 Å². The van der Waals surface area contributed by atoms with Crippen molar-refractivity contribution in [2.75, 3.05) is 6.54 Å². The number of nitrogens with one attached hydrogen (secondary N) is 2. The minimum absolute atomic E-state index is 0. The minimum Gasteiger partial charge on any atom is -0.313 e. The fraction of sp³-hybridized carbons (Fsp3) is 0.538. The summed E-state index contributed by atoms with van der Waals surface area (Å²) in [6, 6.07) is 5.34. The standard InChI is InChI=1S/C13H19BrN2O2S.ClH/c1-9-6-11(14)8-12(7-9)19(17,18)16-13-4-3-5-15-10(13)2;/h6-8,10,13,15-16H,3-5H2,1-2H3;1H. The Hall–Kier alpha value is -0.140. The van der Waals surface area contributed by atoms with Crippen LogP contribution in [0.15, 0.2) is 27.6 Å². The van der Waals surface area contributed by atoms with Gasteiger partial charge in [0.2, 0.25) is 10.0 Å². The molecule has 0 spiro atoms. The zero-order valence-corrected chi connectivity index (χ0v) is 14.7. The lowest BCUT2D eigenvalue weighted by Crippen LogP contribution is -2.51. The van der Waals surface area contributed by atoms with Crippen LogP contribution in [-0.4, -0.2) is 27.0 Å². The van der Waals surface area contributed by atoms with Crippen molar-refractivity contribution in [1.29, 1.82) is 0 Å². The molecule has 1 aromatic carbocycles. The summed E-state index contributed by atoms with van der Waals surface area (Å²) in [4.78, 5) is 0.317. The van der Waals surface area contributed by atoms with E-state index in [0.717, 1.165) is 29.4 Å². The predicted octanol–water partition coefficient (Wildman–Crippen LogP) is 2.60. The number of halogens is 2. The molecule has 0 radical (unpaired) electrons. The summed E-state index contributed by atoms with van der Waals surface area (Å²) in [7, 11) is -3.46. The van der Waals surface area contributed by atoms with Gasteiger partial charge in [-0.3, -0.25) is 0 Å². The number of piperidine rings is 1. The SMILES string of the molecule is Cc1cc(Br)cc(S(=O)(=O)NC2CCCNC2C)c1.Cl. The van der Waals surface area contributed by atoms with Crippen LogP contribution in [0.25, 0.3) is 0 Å². The monoisotopic (exact) mass is 382 g/mol. The number of hydrogen-bond acceptors (Lipinski definition) is 3. The first-order valence-corrected chi connectivity index (χ1v) is 8.69. The molecule has 1 aliphatic heterocycles. The van der Waals surface area contributed by atoms with Gasteiger partial charge in [0.15, 0.2) is 0 Å². The molecule has 20 heavy (non-hydrogen) atoms. The second-order valence-corrected chi connectivity index (χ2v) is 7.71. The summed E-state index contributed by atoms with van der Waals surface area (Å²) in [5, 5.41) is 3.29. The van der Waals surface area contributed by atoms with E-state index in [-0.39, 0.29) is 24.5 Å². The lowest BCUT2D eigenvalue weighted by atomic mass is 10.0. The van der Waals surface area contributed by atoms with Crippen LogP contribution < -0.4 is 10.0 Å². The van der Waals surface area contributed by atoms with E-state index in [9.17, 15) is 8.42 Å². The van der Waals surface area contributed by atoms with Crippen molar-refractivity contribution in [2.24, 2.45) is 0 Å². The van der Waals surface area contributed by atoms with Crippen molar-refractivity contribution in [3.8, 4) is 0 Å². The lowest BCUT2D eigenvalue weighted by Gasteiger charge is -2.30. The summed E-state index contributed by atoms with van der Waals surface area (Å²) in [6.45, 7) is 4.85. The van der Waals surface area contributed by atoms with Gasteiger partial charge in [0.25, 0.3) is 0 Å². The first kappa shape index (κ1) is 17.9. The summed E-state index contributed by atoms with van der Waals surface area (Å²) < 4.78 is 28.4. The van der Waals surface area contributed by atoms with Crippen LogP contribution in [0.2, 0.25) is 0 Å². The second kappa shape index (κ2) is 7.22. The van der Waals surface area contributed by atoms with Crippen LogP contribution in [0, 0.1) is 6.92 Å². The maximum absolute atomic E-state index is 12.4. The zero-order valence-electron chi connectivity index (χ0n) is 11.5. The molecule has 2 rings (SSSR count). The van der Waals surface area contributed by atoms with Crippen LogP contribution in [0.1, 0.15) is 25.3 Å². The van der Waals surface area contributed by atoms with Crippen molar-refractivity contribution in [3.05, 3.63) is 28.2 Å². The van der Waals surface area contributed by atoms with Gasteiger partial charge in [-0.15, -0.1) is 12.4 Å². The molecule has 0 aliphatic carbocycles. The van der Waals surface area contributed by atoms with Gasteiger partial charge in [0.1, 0.15) is 0 Å². The zero-order chi connectivity index (χ0) is 14.0. The Bertz CT molecular complexity index is 545. The average molecular weight is 384 g/mol. The number of hydrogen-bond donors (Lipinski definition) is 2. The highest BCUT2D eigenvalue weighted by atomic mass is 79.9. The van der Waals surface area contributed by atoms with Gasteiger partial charge >= 0.3 is 0 Å². The van der Waals surface area contributed by atoms with Gasteiger partial charge in [-0.2, -0.15) is 0 Å². The van der Waals surface area contributed by atoms with Gasteiger partial charge in [-0.05, 0) is 57.0 Å². The number of sulfonamides is 1. The highest BCUT2D eigenvalue weighted by Gasteiger charge is 2.26. The Balaban J connectivity index is 0.00000200. The third kappa shape index (κ3) is 4.43. The molecule has 1 heterocycles. The molecule has 2 unspecified atom stereocenters. The molecule has 0 aromatic heterocycles. The molecular formula is C13H20BrClN2O2S. The summed E-state index contributed by atoms with van der Waals surface area (Å²) in [6.07, 6.45) is 1.87. The summed E-state index contributed by atoms with van der Waals surface area (Å²) in [5.74, 6) is 0. The molecule has 1 aliphatic rings. The highest BCUT2D eigenvalue weighted by molar-refractivity contribution is 9.10. The summed E-state index contributed by atoms with van der Waals surface area (Å²) in [5.41, 5.74) is 0.921. The maximum Gasteiger partial charge on any atom is 0.240 e. The molecule has 0 bridgehead atoms. The Morgan fingerprint density at radius 1 is 1.35 bits per heavy atom. The van der Waals surface area contributed by atoms with Crippen molar-refractivity contribution in [3.63, 3.8) is 0 Å². The molecule has 7 heteroatoms. The lowest BCUT2D eigenvalue weighted by molar-refractivity contribution is 0.349. The van der Waals surface area contributed by atoms with Crippen molar-refractivity contribution < 1.29 is 8.42 Å². The molecule has 4 nitrogen and oxygen atoms in total. The van der Waals surface area contributed by atoms with Crippen molar-refractivity contribution >= 4 is 38.4 Å². The average Bonchev–Trinajstić information content (AvgIpc) is 2.31. The normalized spacial score (nSPS) is 23.1. The Morgan fingerprint density at radius 3 is 2.65 bits per heavy atom. The topological polar surface area (TPSA) is 58.2 Å². The van der Waals surface area contributed by atoms with E-state index >= 15 is 0 Å². The highest BCUT2D eigenvalue weighted by Crippen LogP contribution is 2.20. The predicted molar refractivity (Wildman–Crippen MR) is 86.9 cm³/mol. The quantitative estimate of drug-likeness (QED) is 0.843. The Morgan fingerprint density at radius 2 is 2.05 bits per heavy atom. The van der Waals surface area contributed by atoms with Crippen LogP contribution in [-0.2, 0) is 10.0 Å². The summed E-state index contributed by atoms with van der Waals surface area (Å²) >= 11 is 3.34. The molecule has 2 N–H and O–H groups in total. The van der Waals surface area contributed by atoms with Gasteiger partial charge in [0, 0.05) is 16.6 Å². The van der Waals surface area contributed by atoms with E-state index in [4.69, 9.17) is 0 Å². The molecule has 1 saturated heterocycles. The van der Waals surface area contributed by atoms with E-state index in [0.29, 0.717) is 4.90 Å². The van der Waals surface area contributed by atoms with Crippen LogP contribution in [0.3, 0.4) is 0 Å². The Labute approximate surface area is 135 Å². The molecule has 2 atom stereocenters. The fourth-order valence-corrected chi connectivity index (χ4v) is 4.57. The van der Waals surface area contributed by atoms with Gasteiger partial charge in [0.05, 0.1) is 4.90 Å². The number of aryl methyl sites for hydroxylation is 1. The molecule has 0 amide bonds. The third-order valence-electron chi connectivity index (χ3n) is 3.39. The largest absolute Gasteiger partial charge is 0.313 e. The van der Waals surface area contributed by atoms with E-state index in [1.807, 2.05) is 19.9 Å². The molecular weight excluding hydrogens is 364 g/mol. The third-order valence-corrected chi connectivity index (χ3v) is 5.32. The van der Waals surface area contributed by atoms with E-state index in [1.165, 1.54) is 0 Å². The first-order valence-electron chi connectivity index (χ1n) is 6.41. The van der Waals surface area contributed by atoms with E-state index in [2.05, 4.69) is 26.0 Å². The van der Waals surface area contributed by atoms with Crippen molar-refractivity contribution in [1.82, 2.24) is 10.0 Å².